The minimum atomic E-state index is -3.95. The van der Waals surface area contributed by atoms with Gasteiger partial charge in [-0.05, 0) is 24.6 Å². The molecule has 1 aromatic rings. The predicted molar refractivity (Wildman–Crippen MR) is 62.5 cm³/mol. The van der Waals surface area contributed by atoms with Crippen LogP contribution in [0.4, 0.5) is 0 Å². The summed E-state index contributed by atoms with van der Waals surface area (Å²) in [6.07, 6.45) is 4.60. The smallest absolute Gasteiger partial charge is 0.264 e. The number of furan rings is 1. The van der Waals surface area contributed by atoms with Crippen LogP contribution in [0.1, 0.15) is 12.2 Å². The molecule has 2 N–H and O–H groups in total. The quantitative estimate of drug-likeness (QED) is 0.349. The van der Waals surface area contributed by atoms with Gasteiger partial charge < -0.3 is 9.15 Å². The zero-order valence-corrected chi connectivity index (χ0v) is 9.81. The van der Waals surface area contributed by atoms with Crippen LogP contribution in [0.15, 0.2) is 28.9 Å². The molecular formula is C10H13NO5S. The maximum absolute atomic E-state index is 10.4. The molecule has 1 aromatic heterocycles. The minimum absolute atomic E-state index is 0.0567. The summed E-state index contributed by atoms with van der Waals surface area (Å²) in [5.41, 5.74) is 0. The number of rotatable bonds is 6. The molecule has 6 nitrogen and oxygen atoms in total. The van der Waals surface area contributed by atoms with E-state index < -0.39 is 10.1 Å². The van der Waals surface area contributed by atoms with E-state index in [9.17, 15) is 8.42 Å². The van der Waals surface area contributed by atoms with E-state index in [1.807, 2.05) is 0 Å². The van der Waals surface area contributed by atoms with Crippen LogP contribution in [0.2, 0.25) is 0 Å². The van der Waals surface area contributed by atoms with Gasteiger partial charge in [-0.25, -0.2) is 0 Å². The van der Waals surface area contributed by atoms with Crippen molar-refractivity contribution >= 4 is 22.1 Å². The highest BCUT2D eigenvalue weighted by Gasteiger charge is 2.03. The Kier molecular flexibility index (Phi) is 4.92. The van der Waals surface area contributed by atoms with Crippen molar-refractivity contribution in [3.8, 4) is 0 Å². The first kappa shape index (κ1) is 13.5. The first-order valence-corrected chi connectivity index (χ1v) is 6.46. The molecule has 0 saturated carbocycles. The van der Waals surface area contributed by atoms with Crippen molar-refractivity contribution in [1.82, 2.24) is 0 Å². The summed E-state index contributed by atoms with van der Waals surface area (Å²) in [5, 5.41) is 7.36. The van der Waals surface area contributed by atoms with Crippen LogP contribution in [0, 0.1) is 5.41 Å². The fourth-order valence-corrected chi connectivity index (χ4v) is 1.50. The highest BCUT2D eigenvalue weighted by molar-refractivity contribution is 7.85. The molecule has 0 amide bonds. The summed E-state index contributed by atoms with van der Waals surface area (Å²) in [7, 11) is -3.95. The first-order valence-electron chi connectivity index (χ1n) is 4.85. The Morgan fingerprint density at radius 1 is 1.59 bits per heavy atom. The molecule has 0 atom stereocenters. The molecule has 0 aliphatic heterocycles. The van der Waals surface area contributed by atoms with Gasteiger partial charge in [0.2, 0.25) is 5.90 Å². The van der Waals surface area contributed by atoms with Crippen molar-refractivity contribution in [2.75, 3.05) is 12.4 Å². The molecule has 0 bridgehead atoms. The van der Waals surface area contributed by atoms with E-state index >= 15 is 0 Å². The zero-order chi connectivity index (χ0) is 12.7. The highest BCUT2D eigenvalue weighted by Crippen LogP contribution is 2.02. The van der Waals surface area contributed by atoms with Gasteiger partial charge in [-0.1, -0.05) is 0 Å². The van der Waals surface area contributed by atoms with Gasteiger partial charge in [0.25, 0.3) is 10.1 Å². The second-order valence-electron chi connectivity index (χ2n) is 3.20. The monoisotopic (exact) mass is 259 g/mol. The molecule has 0 unspecified atom stereocenters. The van der Waals surface area contributed by atoms with Crippen LogP contribution in [0.5, 0.6) is 0 Å². The van der Waals surface area contributed by atoms with Gasteiger partial charge in [-0.15, -0.1) is 0 Å². The molecular weight excluding hydrogens is 246 g/mol. The second kappa shape index (κ2) is 6.21. The molecule has 1 heterocycles. The summed E-state index contributed by atoms with van der Waals surface area (Å²) >= 11 is 0. The Balaban J connectivity index is 2.22. The van der Waals surface area contributed by atoms with Crippen LogP contribution < -0.4 is 0 Å². The van der Waals surface area contributed by atoms with Gasteiger partial charge in [-0.2, -0.15) is 8.42 Å². The standard InChI is InChI=1S/C10H13NO5S/c11-10(5-4-9-3-1-6-15-9)16-7-2-8-17(12,13)14/h1,3-6,11H,2,7-8H2,(H,12,13,14). The largest absolute Gasteiger partial charge is 0.478 e. The van der Waals surface area contributed by atoms with E-state index in [2.05, 4.69) is 0 Å². The lowest BCUT2D eigenvalue weighted by atomic mass is 10.4. The van der Waals surface area contributed by atoms with E-state index in [0.717, 1.165) is 0 Å². The van der Waals surface area contributed by atoms with Gasteiger partial charge in [0.05, 0.1) is 18.6 Å². The van der Waals surface area contributed by atoms with Crippen LogP contribution in [-0.4, -0.2) is 31.2 Å². The zero-order valence-electron chi connectivity index (χ0n) is 9.00. The summed E-state index contributed by atoms with van der Waals surface area (Å²) in [4.78, 5) is 0. The minimum Gasteiger partial charge on any atom is -0.478 e. The summed E-state index contributed by atoms with van der Waals surface area (Å²) < 4.78 is 39.1. The van der Waals surface area contributed by atoms with E-state index in [1.54, 1.807) is 18.2 Å². The molecule has 7 heteroatoms. The van der Waals surface area contributed by atoms with Crippen molar-refractivity contribution in [3.63, 3.8) is 0 Å². The molecule has 0 radical (unpaired) electrons. The predicted octanol–water partition coefficient (Wildman–Crippen LogP) is 1.56. The molecule has 0 aliphatic carbocycles. The third kappa shape index (κ3) is 6.54. The number of ether oxygens (including phenoxy) is 1. The Hall–Kier alpha value is -1.60. The van der Waals surface area contributed by atoms with Crippen LogP contribution >= 0.6 is 0 Å². The van der Waals surface area contributed by atoms with Gasteiger partial charge >= 0.3 is 0 Å². The lowest BCUT2D eigenvalue weighted by Gasteiger charge is -2.02. The Morgan fingerprint density at radius 2 is 2.35 bits per heavy atom. The number of hydrogen-bond acceptors (Lipinski definition) is 5. The van der Waals surface area contributed by atoms with Gasteiger partial charge in [0.15, 0.2) is 0 Å². The number of hydrogen-bond donors (Lipinski definition) is 2. The normalized spacial score (nSPS) is 11.8. The second-order valence-corrected chi connectivity index (χ2v) is 4.77. The average molecular weight is 259 g/mol. The highest BCUT2D eigenvalue weighted by atomic mass is 32.2. The van der Waals surface area contributed by atoms with Crippen LogP contribution in [0.3, 0.4) is 0 Å². The van der Waals surface area contributed by atoms with Crippen molar-refractivity contribution in [1.29, 1.82) is 5.41 Å². The molecule has 1 rings (SSSR count). The summed E-state index contributed by atoms with van der Waals surface area (Å²) in [5.74, 6) is 0.121. The lowest BCUT2D eigenvalue weighted by Crippen LogP contribution is -2.09. The molecule has 0 aromatic carbocycles. The lowest BCUT2D eigenvalue weighted by molar-refractivity contribution is 0.303. The van der Waals surface area contributed by atoms with E-state index in [0.29, 0.717) is 5.76 Å². The fraction of sp³-hybridized carbons (Fsp3) is 0.300. The van der Waals surface area contributed by atoms with Crippen molar-refractivity contribution in [2.24, 2.45) is 0 Å². The van der Waals surface area contributed by atoms with E-state index in [4.69, 9.17) is 19.1 Å². The summed E-state index contributed by atoms with van der Waals surface area (Å²) in [6.45, 7) is 0.0567. The van der Waals surface area contributed by atoms with Gasteiger partial charge in [0.1, 0.15) is 5.76 Å². The van der Waals surface area contributed by atoms with Crippen molar-refractivity contribution in [2.45, 2.75) is 6.42 Å². The van der Waals surface area contributed by atoms with Crippen LogP contribution in [-0.2, 0) is 14.9 Å². The Morgan fingerprint density at radius 3 is 2.94 bits per heavy atom. The average Bonchev–Trinajstić information content (AvgIpc) is 2.73. The number of nitrogens with one attached hydrogen (secondary N) is 1. The molecule has 0 saturated heterocycles. The SMILES string of the molecule is N=C(C=Cc1ccco1)OCCCS(=O)(=O)O. The molecule has 0 aliphatic rings. The topological polar surface area (TPSA) is 101 Å². The van der Waals surface area contributed by atoms with E-state index in [-0.39, 0.29) is 24.7 Å². The van der Waals surface area contributed by atoms with Crippen LogP contribution in [0.25, 0.3) is 6.08 Å². The molecule has 94 valence electrons. The molecule has 17 heavy (non-hydrogen) atoms. The Bertz CT molecular complexity index is 475. The van der Waals surface area contributed by atoms with Gasteiger partial charge in [0, 0.05) is 6.08 Å². The Labute approximate surface area is 99.2 Å². The molecule has 0 fully saturated rings. The maximum atomic E-state index is 10.4. The third-order valence-electron chi connectivity index (χ3n) is 1.75. The fourth-order valence-electron chi connectivity index (χ4n) is 1.02. The van der Waals surface area contributed by atoms with Crippen molar-refractivity contribution < 1.29 is 22.1 Å². The summed E-state index contributed by atoms with van der Waals surface area (Å²) in [6, 6.07) is 3.44. The van der Waals surface area contributed by atoms with Crippen molar-refractivity contribution in [3.05, 3.63) is 30.2 Å². The first-order chi connectivity index (χ1) is 7.97. The van der Waals surface area contributed by atoms with E-state index in [1.165, 1.54) is 12.3 Å². The third-order valence-corrected chi connectivity index (χ3v) is 2.55. The molecule has 0 spiro atoms. The van der Waals surface area contributed by atoms with Gasteiger partial charge in [-0.3, -0.25) is 9.96 Å². The maximum Gasteiger partial charge on any atom is 0.264 e.